The van der Waals surface area contributed by atoms with Crippen molar-refractivity contribution < 1.29 is 22.4 Å². The molecule has 0 unspecified atom stereocenters. The summed E-state index contributed by atoms with van der Waals surface area (Å²) in [6.45, 7) is 0.368. The highest BCUT2D eigenvalue weighted by Gasteiger charge is 2.37. The smallest absolute Gasteiger partial charge is 0.435 e. The van der Waals surface area contributed by atoms with Crippen molar-refractivity contribution in [2.75, 3.05) is 6.54 Å². The number of nitrogens with zero attached hydrogens (tertiary/aromatic N) is 2. The SMILES string of the molecule is O=C(NCCn1nc(C(F)(F)F)cc1C1CC1)c1ccco1. The molecule has 0 aliphatic heterocycles. The van der Waals surface area contributed by atoms with E-state index in [-0.39, 0.29) is 24.8 Å². The molecule has 1 saturated carbocycles. The summed E-state index contributed by atoms with van der Waals surface area (Å²) in [5.74, 6) is -0.0931. The van der Waals surface area contributed by atoms with Crippen molar-refractivity contribution in [2.24, 2.45) is 0 Å². The van der Waals surface area contributed by atoms with E-state index < -0.39 is 17.8 Å². The number of furan rings is 1. The van der Waals surface area contributed by atoms with Crippen LogP contribution in [0, 0.1) is 0 Å². The van der Waals surface area contributed by atoms with Gasteiger partial charge in [0.05, 0.1) is 12.8 Å². The molecule has 1 aliphatic carbocycles. The number of alkyl halides is 3. The Bertz CT molecular complexity index is 657. The van der Waals surface area contributed by atoms with Crippen molar-refractivity contribution in [1.29, 1.82) is 0 Å². The summed E-state index contributed by atoms with van der Waals surface area (Å²) < 4.78 is 44.5. The van der Waals surface area contributed by atoms with Gasteiger partial charge in [-0.15, -0.1) is 0 Å². The molecule has 1 aliphatic rings. The summed E-state index contributed by atoms with van der Waals surface area (Å²) in [4.78, 5) is 11.7. The Balaban J connectivity index is 1.64. The van der Waals surface area contributed by atoms with Crippen molar-refractivity contribution in [3.63, 3.8) is 0 Å². The lowest BCUT2D eigenvalue weighted by molar-refractivity contribution is -0.141. The van der Waals surface area contributed by atoms with E-state index >= 15 is 0 Å². The zero-order valence-corrected chi connectivity index (χ0v) is 11.6. The number of amides is 1. The third kappa shape index (κ3) is 3.15. The quantitative estimate of drug-likeness (QED) is 0.923. The van der Waals surface area contributed by atoms with Crippen LogP contribution in [-0.2, 0) is 12.7 Å². The van der Waals surface area contributed by atoms with Gasteiger partial charge in [0.25, 0.3) is 5.91 Å². The average Bonchev–Trinajstić information content (AvgIpc) is 2.99. The number of aromatic nitrogens is 2. The summed E-state index contributed by atoms with van der Waals surface area (Å²) in [6, 6.07) is 4.20. The van der Waals surface area contributed by atoms with E-state index in [4.69, 9.17) is 4.42 Å². The van der Waals surface area contributed by atoms with Crippen LogP contribution in [0.2, 0.25) is 0 Å². The van der Waals surface area contributed by atoms with Gasteiger partial charge < -0.3 is 9.73 Å². The first kappa shape index (κ1) is 14.7. The molecule has 2 heterocycles. The van der Waals surface area contributed by atoms with Crippen LogP contribution >= 0.6 is 0 Å². The maximum atomic E-state index is 12.7. The zero-order valence-electron chi connectivity index (χ0n) is 11.6. The average molecular weight is 313 g/mol. The molecule has 5 nitrogen and oxygen atoms in total. The second-order valence-corrected chi connectivity index (χ2v) is 5.18. The fourth-order valence-electron chi connectivity index (χ4n) is 2.23. The number of hydrogen-bond acceptors (Lipinski definition) is 3. The molecule has 0 spiro atoms. The van der Waals surface area contributed by atoms with Crippen LogP contribution < -0.4 is 5.32 Å². The molecular formula is C14H14F3N3O2. The fourth-order valence-corrected chi connectivity index (χ4v) is 2.23. The molecule has 3 rings (SSSR count). The molecule has 2 aromatic heterocycles. The number of halogens is 3. The summed E-state index contributed by atoms with van der Waals surface area (Å²) in [6.07, 6.45) is -1.32. The molecule has 0 radical (unpaired) electrons. The van der Waals surface area contributed by atoms with Crippen LogP contribution in [0.15, 0.2) is 28.9 Å². The van der Waals surface area contributed by atoms with Gasteiger partial charge in [-0.1, -0.05) is 0 Å². The Morgan fingerprint density at radius 2 is 2.23 bits per heavy atom. The largest absolute Gasteiger partial charge is 0.459 e. The third-order valence-corrected chi connectivity index (χ3v) is 3.45. The first-order valence-electron chi connectivity index (χ1n) is 6.92. The van der Waals surface area contributed by atoms with Crippen molar-refractivity contribution in [3.8, 4) is 0 Å². The lowest BCUT2D eigenvalue weighted by atomic mass is 10.2. The Morgan fingerprint density at radius 3 is 2.82 bits per heavy atom. The first-order chi connectivity index (χ1) is 10.4. The Labute approximate surface area is 124 Å². The van der Waals surface area contributed by atoms with Gasteiger partial charge >= 0.3 is 6.18 Å². The minimum Gasteiger partial charge on any atom is -0.459 e. The second-order valence-electron chi connectivity index (χ2n) is 5.18. The molecule has 0 aromatic carbocycles. The van der Waals surface area contributed by atoms with E-state index in [0.717, 1.165) is 18.9 Å². The van der Waals surface area contributed by atoms with Gasteiger partial charge in [-0.3, -0.25) is 9.48 Å². The number of nitrogens with one attached hydrogen (secondary N) is 1. The third-order valence-electron chi connectivity index (χ3n) is 3.45. The number of rotatable bonds is 5. The second kappa shape index (κ2) is 5.51. The summed E-state index contributed by atoms with van der Waals surface area (Å²) in [5.41, 5.74) is -0.300. The van der Waals surface area contributed by atoms with Gasteiger partial charge in [0.2, 0.25) is 0 Å². The Morgan fingerprint density at radius 1 is 1.45 bits per heavy atom. The van der Waals surface area contributed by atoms with Crippen molar-refractivity contribution >= 4 is 5.91 Å². The van der Waals surface area contributed by atoms with Gasteiger partial charge in [0.15, 0.2) is 11.5 Å². The lowest BCUT2D eigenvalue weighted by Crippen LogP contribution is -2.27. The molecule has 118 valence electrons. The predicted octanol–water partition coefficient (Wildman–Crippen LogP) is 2.80. The summed E-state index contributed by atoms with van der Waals surface area (Å²) in [5, 5.41) is 6.21. The molecule has 1 amide bonds. The monoisotopic (exact) mass is 313 g/mol. The van der Waals surface area contributed by atoms with Crippen LogP contribution in [0.3, 0.4) is 0 Å². The topological polar surface area (TPSA) is 60.1 Å². The van der Waals surface area contributed by atoms with Crippen LogP contribution in [0.25, 0.3) is 0 Å². The molecule has 8 heteroatoms. The highest BCUT2D eigenvalue weighted by molar-refractivity contribution is 5.91. The molecule has 1 N–H and O–H groups in total. The number of carbonyl (C=O) groups excluding carboxylic acids is 1. The van der Waals surface area contributed by atoms with Crippen LogP contribution in [0.4, 0.5) is 13.2 Å². The standard InChI is InChI=1S/C14H14F3N3O2/c15-14(16,17)12-8-10(9-3-4-9)20(19-12)6-5-18-13(21)11-2-1-7-22-11/h1-2,7-9H,3-6H2,(H,18,21). The number of carbonyl (C=O) groups is 1. The van der Waals surface area contributed by atoms with Crippen molar-refractivity contribution in [1.82, 2.24) is 15.1 Å². The minimum atomic E-state index is -4.45. The fraction of sp³-hybridized carbons (Fsp3) is 0.429. The molecule has 0 saturated heterocycles. The predicted molar refractivity (Wildman–Crippen MR) is 70.2 cm³/mol. The summed E-state index contributed by atoms with van der Waals surface area (Å²) >= 11 is 0. The Hall–Kier alpha value is -2.25. The highest BCUT2D eigenvalue weighted by Crippen LogP contribution is 2.42. The zero-order chi connectivity index (χ0) is 15.7. The van der Waals surface area contributed by atoms with E-state index in [1.807, 2.05) is 0 Å². The van der Waals surface area contributed by atoms with Gasteiger partial charge in [-0.25, -0.2) is 0 Å². The molecule has 0 bridgehead atoms. The first-order valence-corrected chi connectivity index (χ1v) is 6.92. The molecule has 2 aromatic rings. The maximum Gasteiger partial charge on any atom is 0.435 e. The van der Waals surface area contributed by atoms with Gasteiger partial charge in [-0.2, -0.15) is 18.3 Å². The van der Waals surface area contributed by atoms with Crippen molar-refractivity contribution in [2.45, 2.75) is 31.5 Å². The van der Waals surface area contributed by atoms with E-state index in [1.165, 1.54) is 17.0 Å². The van der Waals surface area contributed by atoms with E-state index in [1.54, 1.807) is 6.07 Å². The van der Waals surface area contributed by atoms with Gasteiger partial charge in [0.1, 0.15) is 0 Å². The van der Waals surface area contributed by atoms with Gasteiger partial charge in [0, 0.05) is 18.2 Å². The van der Waals surface area contributed by atoms with Crippen LogP contribution in [-0.4, -0.2) is 22.2 Å². The highest BCUT2D eigenvalue weighted by atomic mass is 19.4. The van der Waals surface area contributed by atoms with Gasteiger partial charge in [-0.05, 0) is 31.0 Å². The van der Waals surface area contributed by atoms with Crippen LogP contribution in [0.5, 0.6) is 0 Å². The normalized spacial score (nSPS) is 15.0. The maximum absolute atomic E-state index is 12.7. The molecule has 22 heavy (non-hydrogen) atoms. The summed E-state index contributed by atoms with van der Waals surface area (Å²) in [7, 11) is 0. The van der Waals surface area contributed by atoms with E-state index in [9.17, 15) is 18.0 Å². The molecule has 0 atom stereocenters. The molecular weight excluding hydrogens is 299 g/mol. The van der Waals surface area contributed by atoms with E-state index in [2.05, 4.69) is 10.4 Å². The lowest BCUT2D eigenvalue weighted by Gasteiger charge is -2.07. The van der Waals surface area contributed by atoms with E-state index in [0.29, 0.717) is 5.69 Å². The van der Waals surface area contributed by atoms with Crippen molar-refractivity contribution in [3.05, 3.63) is 41.6 Å². The molecule has 1 fully saturated rings. The Kier molecular flexibility index (Phi) is 3.67. The number of hydrogen-bond donors (Lipinski definition) is 1. The minimum absolute atomic E-state index is 0.143. The van der Waals surface area contributed by atoms with Crippen LogP contribution in [0.1, 0.15) is 40.7 Å².